The van der Waals surface area contributed by atoms with Gasteiger partial charge in [0.1, 0.15) is 5.84 Å². The first-order valence-corrected chi connectivity index (χ1v) is 5.66. The number of hydrogen-bond donors (Lipinski definition) is 2. The van der Waals surface area contributed by atoms with Gasteiger partial charge in [-0.2, -0.15) is 5.10 Å². The Hall–Kier alpha value is -1.27. The van der Waals surface area contributed by atoms with Crippen LogP contribution in [0.2, 0.25) is 5.02 Å². The minimum Gasteiger partial charge on any atom is -0.409 e. The van der Waals surface area contributed by atoms with Crippen molar-refractivity contribution in [1.29, 1.82) is 0 Å². The first-order chi connectivity index (χ1) is 7.95. The molecule has 96 valence electrons. The summed E-state index contributed by atoms with van der Waals surface area (Å²) in [6.45, 7) is 3.24. The maximum atomic E-state index is 8.44. The lowest BCUT2D eigenvalue weighted by atomic mass is 10.3. The van der Waals surface area contributed by atoms with Crippen LogP contribution in [0.25, 0.3) is 0 Å². The number of hydrogen-bond acceptors (Lipinski definition) is 4. The highest BCUT2D eigenvalue weighted by atomic mass is 35.5. The van der Waals surface area contributed by atoms with E-state index in [-0.39, 0.29) is 5.84 Å². The van der Waals surface area contributed by atoms with E-state index in [9.17, 15) is 0 Å². The highest BCUT2D eigenvalue weighted by Gasteiger charge is 2.13. The summed E-state index contributed by atoms with van der Waals surface area (Å²) in [7, 11) is 3.81. The molecule has 1 heterocycles. The van der Waals surface area contributed by atoms with Crippen LogP contribution in [-0.4, -0.2) is 39.3 Å². The third kappa shape index (κ3) is 3.61. The molecule has 0 unspecified atom stereocenters. The lowest BCUT2D eigenvalue weighted by Crippen LogP contribution is -2.25. The Bertz CT molecular complexity index is 415. The molecule has 0 saturated carbocycles. The number of halogens is 1. The van der Waals surface area contributed by atoms with Gasteiger partial charge in [-0.15, -0.1) is 0 Å². The van der Waals surface area contributed by atoms with Gasteiger partial charge < -0.3 is 15.8 Å². The van der Waals surface area contributed by atoms with Crippen LogP contribution in [0.15, 0.2) is 5.16 Å². The number of oxime groups is 1. The van der Waals surface area contributed by atoms with E-state index < -0.39 is 0 Å². The fourth-order valence-corrected chi connectivity index (χ4v) is 1.76. The summed E-state index contributed by atoms with van der Waals surface area (Å²) >= 11 is 6.15. The van der Waals surface area contributed by atoms with E-state index in [1.807, 2.05) is 25.9 Å². The summed E-state index contributed by atoms with van der Waals surface area (Å²) in [5, 5.41) is 16.3. The Labute approximate surface area is 106 Å². The molecule has 1 rings (SSSR count). The van der Waals surface area contributed by atoms with Gasteiger partial charge in [0.25, 0.3) is 0 Å². The zero-order chi connectivity index (χ0) is 13.0. The Kier molecular flexibility index (Phi) is 4.77. The second-order valence-corrected chi connectivity index (χ2v) is 4.43. The molecule has 0 spiro atoms. The quantitative estimate of drug-likeness (QED) is 0.357. The van der Waals surface area contributed by atoms with Crippen LogP contribution in [0.5, 0.6) is 0 Å². The van der Waals surface area contributed by atoms with Crippen molar-refractivity contribution < 1.29 is 5.21 Å². The van der Waals surface area contributed by atoms with Crippen LogP contribution in [0.4, 0.5) is 0 Å². The average molecular weight is 260 g/mol. The van der Waals surface area contributed by atoms with E-state index in [0.29, 0.717) is 24.5 Å². The van der Waals surface area contributed by atoms with Crippen LogP contribution < -0.4 is 5.73 Å². The van der Waals surface area contributed by atoms with Gasteiger partial charge in [-0.3, -0.25) is 4.68 Å². The molecule has 0 bridgehead atoms. The van der Waals surface area contributed by atoms with Gasteiger partial charge in [-0.1, -0.05) is 16.8 Å². The Morgan fingerprint density at radius 3 is 2.76 bits per heavy atom. The topological polar surface area (TPSA) is 79.7 Å². The zero-order valence-corrected chi connectivity index (χ0v) is 11.1. The van der Waals surface area contributed by atoms with Gasteiger partial charge in [0.15, 0.2) is 0 Å². The summed E-state index contributed by atoms with van der Waals surface area (Å²) in [5.41, 5.74) is 7.20. The number of nitrogens with two attached hydrogens (primary N) is 1. The Morgan fingerprint density at radius 1 is 1.65 bits per heavy atom. The summed E-state index contributed by atoms with van der Waals surface area (Å²) in [6.07, 6.45) is 0.515. The molecule has 17 heavy (non-hydrogen) atoms. The minimum atomic E-state index is 0.226. The maximum Gasteiger partial charge on any atom is 0.140 e. The molecule has 7 heteroatoms. The molecule has 6 nitrogen and oxygen atoms in total. The summed E-state index contributed by atoms with van der Waals surface area (Å²) in [5.74, 6) is 0.226. The molecule has 0 aliphatic carbocycles. The molecule has 0 aliphatic heterocycles. The minimum absolute atomic E-state index is 0.226. The SMILES string of the molecule is Cc1nn(C)c(CN(C)CCC(N)=NO)c1Cl. The molecule has 0 amide bonds. The lowest BCUT2D eigenvalue weighted by molar-refractivity contribution is 0.307. The van der Waals surface area contributed by atoms with Crippen molar-refractivity contribution in [2.24, 2.45) is 17.9 Å². The number of nitrogens with zero attached hydrogens (tertiary/aromatic N) is 4. The molecule has 0 fully saturated rings. The first kappa shape index (κ1) is 13.8. The van der Waals surface area contributed by atoms with Gasteiger partial charge in [0.2, 0.25) is 0 Å². The predicted octanol–water partition coefficient (Wildman–Crippen LogP) is 0.950. The van der Waals surface area contributed by atoms with E-state index in [1.54, 1.807) is 4.68 Å². The van der Waals surface area contributed by atoms with Crippen molar-refractivity contribution in [2.45, 2.75) is 19.9 Å². The lowest BCUT2D eigenvalue weighted by Gasteiger charge is -2.16. The van der Waals surface area contributed by atoms with Crippen LogP contribution in [0.3, 0.4) is 0 Å². The highest BCUT2D eigenvalue weighted by molar-refractivity contribution is 6.31. The first-order valence-electron chi connectivity index (χ1n) is 5.28. The highest BCUT2D eigenvalue weighted by Crippen LogP contribution is 2.20. The van der Waals surface area contributed by atoms with Gasteiger partial charge in [-0.05, 0) is 14.0 Å². The molecule has 0 radical (unpaired) electrons. The largest absolute Gasteiger partial charge is 0.409 e. The van der Waals surface area contributed by atoms with Crippen LogP contribution in [-0.2, 0) is 13.6 Å². The van der Waals surface area contributed by atoms with E-state index in [1.165, 1.54) is 0 Å². The van der Waals surface area contributed by atoms with Crippen molar-refractivity contribution in [3.63, 3.8) is 0 Å². The summed E-state index contributed by atoms with van der Waals surface area (Å²) in [4.78, 5) is 2.04. The smallest absolute Gasteiger partial charge is 0.140 e. The van der Waals surface area contributed by atoms with Crippen molar-refractivity contribution in [3.05, 3.63) is 16.4 Å². The third-order valence-electron chi connectivity index (χ3n) is 2.56. The van der Waals surface area contributed by atoms with Gasteiger partial charge in [-0.25, -0.2) is 0 Å². The maximum absolute atomic E-state index is 8.44. The average Bonchev–Trinajstić information content (AvgIpc) is 2.53. The molecule has 3 N–H and O–H groups in total. The van der Waals surface area contributed by atoms with Crippen LogP contribution >= 0.6 is 11.6 Å². The normalized spacial score (nSPS) is 12.4. The third-order valence-corrected chi connectivity index (χ3v) is 3.05. The van der Waals surface area contributed by atoms with Crippen LogP contribution in [0, 0.1) is 6.92 Å². The van der Waals surface area contributed by atoms with Crippen molar-refractivity contribution in [2.75, 3.05) is 13.6 Å². The number of aryl methyl sites for hydroxylation is 2. The number of aromatic nitrogens is 2. The molecule has 0 aliphatic rings. The van der Waals surface area contributed by atoms with E-state index >= 15 is 0 Å². The molecular formula is C10H18ClN5O. The van der Waals surface area contributed by atoms with Crippen LogP contribution in [0.1, 0.15) is 17.8 Å². The predicted molar refractivity (Wildman–Crippen MR) is 67.3 cm³/mol. The number of rotatable bonds is 5. The number of amidine groups is 1. The molecular weight excluding hydrogens is 242 g/mol. The Morgan fingerprint density at radius 2 is 2.29 bits per heavy atom. The van der Waals surface area contributed by atoms with Gasteiger partial charge >= 0.3 is 0 Å². The molecule has 1 aromatic heterocycles. The van der Waals surface area contributed by atoms with Crippen molar-refractivity contribution >= 4 is 17.4 Å². The summed E-state index contributed by atoms with van der Waals surface area (Å²) in [6, 6.07) is 0. The Balaban J connectivity index is 2.59. The van der Waals surface area contributed by atoms with Gasteiger partial charge in [0.05, 0.1) is 16.4 Å². The molecule has 0 atom stereocenters. The fourth-order valence-electron chi connectivity index (χ4n) is 1.54. The second-order valence-electron chi connectivity index (χ2n) is 4.05. The monoisotopic (exact) mass is 259 g/mol. The molecule has 0 aromatic carbocycles. The fraction of sp³-hybridized carbons (Fsp3) is 0.600. The second kappa shape index (κ2) is 5.88. The van der Waals surface area contributed by atoms with Gasteiger partial charge in [0, 0.05) is 26.6 Å². The van der Waals surface area contributed by atoms with Crippen molar-refractivity contribution in [3.8, 4) is 0 Å². The van der Waals surface area contributed by atoms with Crippen molar-refractivity contribution in [1.82, 2.24) is 14.7 Å². The van der Waals surface area contributed by atoms with E-state index in [0.717, 1.165) is 11.4 Å². The van der Waals surface area contributed by atoms with E-state index in [4.69, 9.17) is 22.5 Å². The van der Waals surface area contributed by atoms with E-state index in [2.05, 4.69) is 10.3 Å². The summed E-state index contributed by atoms with van der Waals surface area (Å²) < 4.78 is 1.78. The molecule has 1 aromatic rings. The zero-order valence-electron chi connectivity index (χ0n) is 10.3. The standard InChI is InChI=1S/C10H18ClN5O/c1-7-10(11)8(16(3)13-7)6-15(2)5-4-9(12)14-17/h17H,4-6H2,1-3H3,(H2,12,14). The molecule has 0 saturated heterocycles.